The van der Waals surface area contributed by atoms with Gasteiger partial charge in [-0.2, -0.15) is 0 Å². The predicted octanol–water partition coefficient (Wildman–Crippen LogP) is 2.89. The van der Waals surface area contributed by atoms with Crippen molar-refractivity contribution in [1.29, 1.82) is 0 Å². The van der Waals surface area contributed by atoms with Crippen molar-refractivity contribution in [2.24, 2.45) is 0 Å². The molecule has 0 atom stereocenters. The normalized spacial score (nSPS) is 10.3. The Morgan fingerprint density at radius 3 is 2.74 bits per heavy atom. The SMILES string of the molecule is CNc1nnc(SCc2cc(OC)ccc2OC)s1. The fraction of sp³-hybridized carbons (Fsp3) is 0.333. The zero-order valence-electron chi connectivity index (χ0n) is 11.0. The fourth-order valence-corrected chi connectivity index (χ4v) is 3.19. The number of benzene rings is 1. The molecule has 0 bridgehead atoms. The van der Waals surface area contributed by atoms with E-state index in [9.17, 15) is 0 Å². The molecule has 0 saturated heterocycles. The second-order valence-electron chi connectivity index (χ2n) is 3.59. The van der Waals surface area contributed by atoms with Crippen molar-refractivity contribution in [1.82, 2.24) is 10.2 Å². The number of aromatic nitrogens is 2. The first-order valence-electron chi connectivity index (χ1n) is 5.61. The molecule has 2 aromatic rings. The van der Waals surface area contributed by atoms with Crippen LogP contribution in [0.4, 0.5) is 5.13 Å². The molecule has 0 aliphatic carbocycles. The number of nitrogens with zero attached hydrogens (tertiary/aromatic N) is 2. The average molecular weight is 297 g/mol. The highest BCUT2D eigenvalue weighted by Crippen LogP contribution is 2.32. The molecule has 0 fully saturated rings. The molecule has 0 unspecified atom stereocenters. The Balaban J connectivity index is 2.09. The molecule has 0 aliphatic heterocycles. The predicted molar refractivity (Wildman–Crippen MR) is 78.6 cm³/mol. The van der Waals surface area contributed by atoms with E-state index >= 15 is 0 Å². The van der Waals surface area contributed by atoms with Crippen LogP contribution >= 0.6 is 23.1 Å². The standard InChI is InChI=1S/C12H15N3O2S2/c1-13-11-14-15-12(19-11)18-7-8-6-9(16-2)4-5-10(8)17-3/h4-6H,7H2,1-3H3,(H,13,14). The Kier molecular flexibility index (Phi) is 4.86. The summed E-state index contributed by atoms with van der Waals surface area (Å²) in [4.78, 5) is 0. The molecule has 1 aromatic carbocycles. The first kappa shape index (κ1) is 14.0. The third-order valence-electron chi connectivity index (χ3n) is 2.46. The summed E-state index contributed by atoms with van der Waals surface area (Å²) in [5.41, 5.74) is 1.08. The van der Waals surface area contributed by atoms with Crippen LogP contribution in [0.1, 0.15) is 5.56 Å². The summed E-state index contributed by atoms with van der Waals surface area (Å²) in [5.74, 6) is 2.44. The van der Waals surface area contributed by atoms with Crippen LogP contribution in [-0.2, 0) is 5.75 Å². The lowest BCUT2D eigenvalue weighted by Crippen LogP contribution is -1.92. The molecule has 5 nitrogen and oxygen atoms in total. The summed E-state index contributed by atoms with van der Waals surface area (Å²) in [6, 6.07) is 5.77. The lowest BCUT2D eigenvalue weighted by molar-refractivity contribution is 0.400. The number of hydrogen-bond donors (Lipinski definition) is 1. The Morgan fingerprint density at radius 2 is 2.11 bits per heavy atom. The summed E-state index contributed by atoms with van der Waals surface area (Å²) in [7, 11) is 5.16. The summed E-state index contributed by atoms with van der Waals surface area (Å²) >= 11 is 3.16. The van der Waals surface area contributed by atoms with Crippen molar-refractivity contribution in [2.45, 2.75) is 10.1 Å². The number of methoxy groups -OCH3 is 2. The Bertz CT molecular complexity index is 546. The number of ether oxygens (including phenoxy) is 2. The van der Waals surface area contributed by atoms with Gasteiger partial charge in [-0.05, 0) is 18.2 Å². The molecule has 102 valence electrons. The molecule has 0 amide bonds. The number of nitrogens with one attached hydrogen (secondary N) is 1. The highest BCUT2D eigenvalue weighted by atomic mass is 32.2. The number of anilines is 1. The second kappa shape index (κ2) is 6.63. The summed E-state index contributed by atoms with van der Waals surface area (Å²) in [6.07, 6.45) is 0. The maximum Gasteiger partial charge on any atom is 0.206 e. The van der Waals surface area contributed by atoms with Crippen molar-refractivity contribution in [3.05, 3.63) is 23.8 Å². The van der Waals surface area contributed by atoms with Gasteiger partial charge in [0.2, 0.25) is 5.13 Å². The van der Waals surface area contributed by atoms with Crippen molar-refractivity contribution >= 4 is 28.2 Å². The second-order valence-corrected chi connectivity index (χ2v) is 5.79. The minimum absolute atomic E-state index is 0.763. The molecule has 19 heavy (non-hydrogen) atoms. The minimum atomic E-state index is 0.763. The number of rotatable bonds is 6. The first-order valence-corrected chi connectivity index (χ1v) is 7.42. The molecular weight excluding hydrogens is 282 g/mol. The van der Waals surface area contributed by atoms with Crippen molar-refractivity contribution < 1.29 is 9.47 Å². The van der Waals surface area contributed by atoms with E-state index in [0.717, 1.165) is 32.3 Å². The van der Waals surface area contributed by atoms with Crippen LogP contribution in [-0.4, -0.2) is 31.5 Å². The van der Waals surface area contributed by atoms with Gasteiger partial charge in [0.1, 0.15) is 11.5 Å². The van der Waals surface area contributed by atoms with E-state index in [1.807, 2.05) is 25.2 Å². The molecule has 1 N–H and O–H groups in total. The van der Waals surface area contributed by atoms with Gasteiger partial charge in [0.05, 0.1) is 14.2 Å². The highest BCUT2D eigenvalue weighted by Gasteiger charge is 2.08. The minimum Gasteiger partial charge on any atom is -0.497 e. The molecule has 0 radical (unpaired) electrons. The number of hydrogen-bond acceptors (Lipinski definition) is 7. The van der Waals surface area contributed by atoms with Crippen molar-refractivity contribution in [3.8, 4) is 11.5 Å². The van der Waals surface area contributed by atoms with Crippen molar-refractivity contribution in [3.63, 3.8) is 0 Å². The van der Waals surface area contributed by atoms with Gasteiger partial charge < -0.3 is 14.8 Å². The van der Waals surface area contributed by atoms with Crippen molar-refractivity contribution in [2.75, 3.05) is 26.6 Å². The van der Waals surface area contributed by atoms with E-state index in [1.165, 1.54) is 11.3 Å². The Morgan fingerprint density at radius 1 is 1.26 bits per heavy atom. The topological polar surface area (TPSA) is 56.3 Å². The molecule has 0 spiro atoms. The maximum atomic E-state index is 5.35. The van der Waals surface area contributed by atoms with Gasteiger partial charge in [-0.25, -0.2) is 0 Å². The average Bonchev–Trinajstić information content (AvgIpc) is 2.92. The molecule has 7 heteroatoms. The molecule has 0 saturated carbocycles. The zero-order chi connectivity index (χ0) is 13.7. The summed E-state index contributed by atoms with van der Waals surface area (Å²) in [5, 5.41) is 11.9. The van der Waals surface area contributed by atoms with Gasteiger partial charge in [-0.1, -0.05) is 23.1 Å². The summed E-state index contributed by atoms with van der Waals surface area (Å²) < 4.78 is 11.5. The van der Waals surface area contributed by atoms with Gasteiger partial charge >= 0.3 is 0 Å². The maximum absolute atomic E-state index is 5.35. The van der Waals surface area contributed by atoms with E-state index in [4.69, 9.17) is 9.47 Å². The Labute approximate surface area is 120 Å². The zero-order valence-corrected chi connectivity index (χ0v) is 12.6. The lowest BCUT2D eigenvalue weighted by atomic mass is 10.2. The highest BCUT2D eigenvalue weighted by molar-refractivity contribution is 8.00. The Hall–Kier alpha value is -1.47. The third kappa shape index (κ3) is 3.51. The first-order chi connectivity index (χ1) is 9.26. The van der Waals surface area contributed by atoms with Crippen LogP contribution in [0.5, 0.6) is 11.5 Å². The van der Waals surface area contributed by atoms with Crippen LogP contribution in [0.15, 0.2) is 22.5 Å². The summed E-state index contributed by atoms with van der Waals surface area (Å²) in [6.45, 7) is 0. The van der Waals surface area contributed by atoms with Crippen LogP contribution in [0.2, 0.25) is 0 Å². The van der Waals surface area contributed by atoms with Crippen LogP contribution in [0.25, 0.3) is 0 Å². The van der Waals surface area contributed by atoms with E-state index in [2.05, 4.69) is 15.5 Å². The molecule has 0 aliphatic rings. The molecule has 1 heterocycles. The third-order valence-corrected chi connectivity index (χ3v) is 4.58. The van der Waals surface area contributed by atoms with Crippen LogP contribution in [0.3, 0.4) is 0 Å². The van der Waals surface area contributed by atoms with Gasteiger partial charge in [0.15, 0.2) is 4.34 Å². The van der Waals surface area contributed by atoms with Gasteiger partial charge in [0, 0.05) is 18.4 Å². The molecular formula is C12H15N3O2S2. The van der Waals surface area contributed by atoms with E-state index in [-0.39, 0.29) is 0 Å². The smallest absolute Gasteiger partial charge is 0.206 e. The van der Waals surface area contributed by atoms with E-state index in [0.29, 0.717) is 0 Å². The van der Waals surface area contributed by atoms with Gasteiger partial charge in [0.25, 0.3) is 0 Å². The fourth-order valence-electron chi connectivity index (χ4n) is 1.50. The van der Waals surface area contributed by atoms with Crippen LogP contribution < -0.4 is 14.8 Å². The largest absolute Gasteiger partial charge is 0.497 e. The number of thioether (sulfide) groups is 1. The van der Waals surface area contributed by atoms with Gasteiger partial charge in [-0.15, -0.1) is 10.2 Å². The van der Waals surface area contributed by atoms with E-state index in [1.54, 1.807) is 26.0 Å². The van der Waals surface area contributed by atoms with E-state index < -0.39 is 0 Å². The van der Waals surface area contributed by atoms with Crippen LogP contribution in [0, 0.1) is 0 Å². The lowest BCUT2D eigenvalue weighted by Gasteiger charge is -2.09. The quantitative estimate of drug-likeness (QED) is 0.827. The van der Waals surface area contributed by atoms with Gasteiger partial charge in [-0.3, -0.25) is 0 Å². The monoisotopic (exact) mass is 297 g/mol. The molecule has 1 aromatic heterocycles. The molecule has 2 rings (SSSR count).